The number of hydrogen-bond donors (Lipinski definition) is 0. The van der Waals surface area contributed by atoms with Crippen LogP contribution in [0.1, 0.15) is 24.0 Å². The van der Waals surface area contributed by atoms with E-state index in [2.05, 4.69) is 105 Å². The Balaban J connectivity index is 1.44. The van der Waals surface area contributed by atoms with Gasteiger partial charge in [0.05, 0.1) is 0 Å². The highest BCUT2D eigenvalue weighted by Crippen LogP contribution is 2.26. The van der Waals surface area contributed by atoms with Gasteiger partial charge in [0.15, 0.2) is 0 Å². The first-order valence-corrected chi connectivity index (χ1v) is 11.0. The van der Waals surface area contributed by atoms with E-state index in [4.69, 9.17) is 0 Å². The molecule has 0 N–H and O–H groups in total. The minimum atomic E-state index is 0.319. The second-order valence-corrected chi connectivity index (χ2v) is 8.94. The third kappa shape index (κ3) is 4.37. The van der Waals surface area contributed by atoms with Crippen molar-refractivity contribution in [3.8, 4) is 0 Å². The number of carbonyl (C=O) groups is 1. The minimum absolute atomic E-state index is 0.319. The lowest BCUT2D eigenvalue weighted by atomic mass is 9.96. The molecule has 0 amide bonds. The second kappa shape index (κ2) is 8.59. The van der Waals surface area contributed by atoms with Gasteiger partial charge in [-0.1, -0.05) is 80.4 Å². The highest BCUT2D eigenvalue weighted by molar-refractivity contribution is 9.10. The molecule has 28 heavy (non-hydrogen) atoms. The monoisotopic (exact) mass is 494 g/mol. The van der Waals surface area contributed by atoms with Gasteiger partial charge in [-0.3, -0.25) is 4.79 Å². The maximum Gasteiger partial charge on any atom is 0.133 e. The van der Waals surface area contributed by atoms with Gasteiger partial charge < -0.3 is 0 Å². The number of Topliss-reactive ketones (excluding diaryl/α,β-unsaturated/α-hetero) is 1. The summed E-state index contributed by atoms with van der Waals surface area (Å²) in [5.41, 5.74) is 2.47. The van der Waals surface area contributed by atoms with E-state index in [0.29, 0.717) is 18.6 Å². The summed E-state index contributed by atoms with van der Waals surface area (Å²) < 4.78 is 2.14. The molecule has 4 aromatic rings. The molecule has 0 bridgehead atoms. The lowest BCUT2D eigenvalue weighted by Gasteiger charge is -2.09. The Bertz CT molecular complexity index is 1070. The van der Waals surface area contributed by atoms with Crippen LogP contribution in [-0.4, -0.2) is 5.78 Å². The lowest BCUT2D eigenvalue weighted by molar-refractivity contribution is -0.119. The highest BCUT2D eigenvalue weighted by Gasteiger charge is 2.08. The molecule has 0 heterocycles. The number of hydrogen-bond acceptors (Lipinski definition) is 1. The number of ketones is 1. The summed E-state index contributed by atoms with van der Waals surface area (Å²) in [5, 5.41) is 4.89. The first-order valence-electron chi connectivity index (χ1n) is 9.46. The summed E-state index contributed by atoms with van der Waals surface area (Å²) in [6, 6.07) is 25.3. The number of fused-ring (bicyclic) bond motifs is 2. The van der Waals surface area contributed by atoms with Gasteiger partial charge in [-0.25, -0.2) is 0 Å². The molecule has 1 nitrogen and oxygen atoms in total. The molecule has 0 aliphatic rings. The predicted molar refractivity (Wildman–Crippen MR) is 125 cm³/mol. The highest BCUT2D eigenvalue weighted by atomic mass is 79.9. The van der Waals surface area contributed by atoms with Crippen LogP contribution in [0.15, 0.2) is 81.7 Å². The van der Waals surface area contributed by atoms with Crippen LogP contribution in [0.25, 0.3) is 21.5 Å². The van der Waals surface area contributed by atoms with Crippen molar-refractivity contribution in [3.63, 3.8) is 0 Å². The molecule has 0 aliphatic carbocycles. The zero-order valence-corrected chi connectivity index (χ0v) is 18.6. The summed E-state index contributed by atoms with van der Waals surface area (Å²) in [7, 11) is 0. The van der Waals surface area contributed by atoms with E-state index in [0.717, 1.165) is 21.8 Å². The SMILES string of the molecule is O=C(CCc1cccc2ccc(Br)cc12)CCc1cccc2ccc(Br)cc12. The molecule has 0 saturated heterocycles. The molecule has 0 atom stereocenters. The predicted octanol–water partition coefficient (Wildman–Crippen LogP) is 7.65. The number of halogens is 2. The molecule has 0 saturated carbocycles. The fourth-order valence-electron chi connectivity index (χ4n) is 3.73. The molecule has 0 spiro atoms. The van der Waals surface area contributed by atoms with Gasteiger partial charge in [0.2, 0.25) is 0 Å². The molecule has 0 radical (unpaired) electrons. The molecule has 4 aromatic carbocycles. The Labute approximate surface area is 182 Å². The maximum atomic E-state index is 12.6. The van der Waals surface area contributed by atoms with E-state index in [9.17, 15) is 4.79 Å². The van der Waals surface area contributed by atoms with Gasteiger partial charge in [-0.2, -0.15) is 0 Å². The summed E-state index contributed by atoms with van der Waals surface area (Å²) in [5.74, 6) is 0.319. The van der Waals surface area contributed by atoms with Crippen LogP contribution in [-0.2, 0) is 17.6 Å². The molecule has 140 valence electrons. The third-order valence-electron chi connectivity index (χ3n) is 5.22. The molecule has 0 aromatic heterocycles. The topological polar surface area (TPSA) is 17.1 Å². The fraction of sp³-hybridized carbons (Fsp3) is 0.160. The van der Waals surface area contributed by atoms with E-state index < -0.39 is 0 Å². The molecular weight excluding hydrogens is 476 g/mol. The van der Waals surface area contributed by atoms with Crippen molar-refractivity contribution >= 4 is 59.2 Å². The van der Waals surface area contributed by atoms with Gasteiger partial charge in [-0.05, 0) is 69.8 Å². The minimum Gasteiger partial charge on any atom is -0.300 e. The van der Waals surface area contributed by atoms with Crippen molar-refractivity contribution in [2.45, 2.75) is 25.7 Å². The largest absolute Gasteiger partial charge is 0.300 e. The van der Waals surface area contributed by atoms with E-state index in [1.54, 1.807) is 0 Å². The fourth-order valence-corrected chi connectivity index (χ4v) is 4.45. The summed E-state index contributed by atoms with van der Waals surface area (Å²) in [6.07, 6.45) is 2.74. The van der Waals surface area contributed by atoms with Gasteiger partial charge in [0.25, 0.3) is 0 Å². The molecule has 0 fully saturated rings. The number of aryl methyl sites for hydroxylation is 2. The summed E-state index contributed by atoms with van der Waals surface area (Å²) >= 11 is 7.10. The normalized spacial score (nSPS) is 11.2. The van der Waals surface area contributed by atoms with E-state index in [1.165, 1.54) is 32.7 Å². The van der Waals surface area contributed by atoms with Crippen LogP contribution in [0.2, 0.25) is 0 Å². The Kier molecular flexibility index (Phi) is 5.93. The smallest absolute Gasteiger partial charge is 0.133 e. The zero-order valence-electron chi connectivity index (χ0n) is 15.4. The Morgan fingerprint density at radius 3 is 1.57 bits per heavy atom. The van der Waals surface area contributed by atoms with Crippen LogP contribution in [0.5, 0.6) is 0 Å². The maximum absolute atomic E-state index is 12.6. The standard InChI is InChI=1S/C25H20Br2O/c26-21-11-7-17-3-1-5-19(24(17)15-21)9-13-23(28)14-10-20-6-2-4-18-8-12-22(27)16-25(18)20/h1-8,11-12,15-16H,9-10,13-14H2. The van der Waals surface area contributed by atoms with Crippen LogP contribution in [0.3, 0.4) is 0 Å². The van der Waals surface area contributed by atoms with Crippen LogP contribution < -0.4 is 0 Å². The third-order valence-corrected chi connectivity index (χ3v) is 6.20. The molecule has 0 aliphatic heterocycles. The number of carbonyl (C=O) groups excluding carboxylic acids is 1. The van der Waals surface area contributed by atoms with E-state index >= 15 is 0 Å². The van der Waals surface area contributed by atoms with Crippen molar-refractivity contribution in [3.05, 3.63) is 92.9 Å². The lowest BCUT2D eigenvalue weighted by Crippen LogP contribution is -2.03. The second-order valence-electron chi connectivity index (χ2n) is 7.10. The van der Waals surface area contributed by atoms with E-state index in [-0.39, 0.29) is 0 Å². The van der Waals surface area contributed by atoms with Crippen LogP contribution in [0.4, 0.5) is 0 Å². The van der Waals surface area contributed by atoms with Crippen molar-refractivity contribution in [2.75, 3.05) is 0 Å². The van der Waals surface area contributed by atoms with Gasteiger partial charge >= 0.3 is 0 Å². The molecule has 0 unspecified atom stereocenters. The van der Waals surface area contributed by atoms with E-state index in [1.807, 2.05) is 0 Å². The quantitative estimate of drug-likeness (QED) is 0.268. The Morgan fingerprint density at radius 1 is 0.643 bits per heavy atom. The molecular formula is C25H20Br2O. The van der Waals surface area contributed by atoms with Gasteiger partial charge in [0.1, 0.15) is 5.78 Å². The van der Waals surface area contributed by atoms with Gasteiger partial charge in [0, 0.05) is 21.8 Å². The first kappa shape index (κ1) is 19.4. The van der Waals surface area contributed by atoms with Gasteiger partial charge in [-0.15, -0.1) is 0 Å². The van der Waals surface area contributed by atoms with Crippen molar-refractivity contribution in [2.24, 2.45) is 0 Å². The number of benzene rings is 4. The first-order chi connectivity index (χ1) is 13.6. The summed E-state index contributed by atoms with van der Waals surface area (Å²) in [4.78, 5) is 12.6. The molecule has 4 rings (SSSR count). The average Bonchev–Trinajstić information content (AvgIpc) is 2.70. The van der Waals surface area contributed by atoms with Crippen LogP contribution >= 0.6 is 31.9 Å². The van der Waals surface area contributed by atoms with Crippen molar-refractivity contribution < 1.29 is 4.79 Å². The molecule has 3 heteroatoms. The number of rotatable bonds is 6. The van der Waals surface area contributed by atoms with Crippen molar-refractivity contribution in [1.29, 1.82) is 0 Å². The average molecular weight is 496 g/mol. The summed E-state index contributed by atoms with van der Waals surface area (Å²) in [6.45, 7) is 0. The van der Waals surface area contributed by atoms with Crippen LogP contribution in [0, 0.1) is 0 Å². The zero-order chi connectivity index (χ0) is 19.5. The van der Waals surface area contributed by atoms with Crippen molar-refractivity contribution in [1.82, 2.24) is 0 Å². The Hall–Kier alpha value is -1.97. The Morgan fingerprint density at radius 2 is 1.11 bits per heavy atom.